The van der Waals surface area contributed by atoms with Crippen LogP contribution >= 0.6 is 0 Å². The van der Waals surface area contributed by atoms with E-state index in [-0.39, 0.29) is 13.2 Å². The Morgan fingerprint density at radius 1 is 1.35 bits per heavy atom. The number of allylic oxidation sites excluding steroid dienone is 1. The summed E-state index contributed by atoms with van der Waals surface area (Å²) in [5.41, 5.74) is 2.34. The lowest BCUT2D eigenvalue weighted by Crippen LogP contribution is -2.14. The molecule has 0 aliphatic heterocycles. The van der Waals surface area contributed by atoms with Crippen molar-refractivity contribution in [2.24, 2.45) is 0 Å². The number of phenols is 1. The first-order chi connectivity index (χ1) is 10.9. The summed E-state index contributed by atoms with van der Waals surface area (Å²) in [5, 5.41) is 37.4. The fraction of sp³-hybridized carbons (Fsp3) is 0.333. The third-order valence-corrected chi connectivity index (χ3v) is 3.47. The number of benzene rings is 1. The Balaban J connectivity index is 2.71. The average Bonchev–Trinajstić information content (AvgIpc) is 2.53. The Morgan fingerprint density at radius 3 is 2.61 bits per heavy atom. The molecular weight excluding hydrogens is 299 g/mol. The van der Waals surface area contributed by atoms with Gasteiger partial charge in [0, 0.05) is 0 Å². The first-order valence-corrected chi connectivity index (χ1v) is 7.32. The highest BCUT2D eigenvalue weighted by molar-refractivity contribution is 5.53. The predicted octanol–water partition coefficient (Wildman–Crippen LogP) is 2.54. The zero-order valence-electron chi connectivity index (χ0n) is 13.2. The van der Waals surface area contributed by atoms with Crippen LogP contribution in [0.5, 0.6) is 5.75 Å². The van der Waals surface area contributed by atoms with Crippen LogP contribution in [0.4, 0.5) is 4.39 Å². The van der Waals surface area contributed by atoms with Gasteiger partial charge in [0.2, 0.25) is 0 Å². The van der Waals surface area contributed by atoms with Gasteiger partial charge in [-0.1, -0.05) is 30.4 Å². The molecule has 23 heavy (non-hydrogen) atoms. The van der Waals surface area contributed by atoms with Crippen molar-refractivity contribution in [1.82, 2.24) is 0 Å². The van der Waals surface area contributed by atoms with E-state index >= 15 is 0 Å². The van der Waals surface area contributed by atoms with E-state index in [4.69, 9.17) is 15.3 Å². The summed E-state index contributed by atoms with van der Waals surface area (Å²) in [5.74, 6) is -1.07. The van der Waals surface area contributed by atoms with Crippen LogP contribution < -0.4 is 0 Å². The molecule has 0 aliphatic rings. The molecule has 4 nitrogen and oxygen atoms in total. The Labute approximate surface area is 135 Å². The van der Waals surface area contributed by atoms with Gasteiger partial charge in [0.05, 0.1) is 19.3 Å². The predicted molar refractivity (Wildman–Crippen MR) is 88.4 cm³/mol. The fourth-order valence-corrected chi connectivity index (χ4v) is 2.20. The molecule has 0 saturated heterocycles. The quantitative estimate of drug-likeness (QED) is 0.555. The zero-order chi connectivity index (χ0) is 17.4. The van der Waals surface area contributed by atoms with Gasteiger partial charge in [-0.2, -0.15) is 0 Å². The zero-order valence-corrected chi connectivity index (χ0v) is 13.2. The number of aliphatic hydroxyl groups excluding tert-OH is 3. The van der Waals surface area contributed by atoms with Crippen molar-refractivity contribution in [3.63, 3.8) is 0 Å². The largest absolute Gasteiger partial charge is 0.505 e. The Hall–Kier alpha value is -1.95. The number of halogens is 1. The monoisotopic (exact) mass is 322 g/mol. The highest BCUT2D eigenvalue weighted by Crippen LogP contribution is 2.21. The first kappa shape index (κ1) is 19.1. The lowest BCUT2D eigenvalue weighted by Gasteiger charge is -2.16. The molecule has 0 aromatic heterocycles. The molecule has 1 atom stereocenters. The molecule has 1 aromatic rings. The van der Waals surface area contributed by atoms with E-state index in [0.29, 0.717) is 29.6 Å². The minimum absolute atomic E-state index is 0.243. The van der Waals surface area contributed by atoms with Gasteiger partial charge in [0.1, 0.15) is 0 Å². The second kappa shape index (κ2) is 9.25. The van der Waals surface area contributed by atoms with E-state index in [9.17, 15) is 9.50 Å². The molecule has 0 radical (unpaired) electrons. The lowest BCUT2D eigenvalue weighted by molar-refractivity contribution is 0.197. The highest BCUT2D eigenvalue weighted by Gasteiger charge is 2.13. The summed E-state index contributed by atoms with van der Waals surface area (Å²) in [6, 6.07) is 4.12. The van der Waals surface area contributed by atoms with Crippen molar-refractivity contribution in [1.29, 1.82) is 0 Å². The third kappa shape index (κ3) is 5.98. The van der Waals surface area contributed by atoms with Gasteiger partial charge in [-0.15, -0.1) is 0 Å². The summed E-state index contributed by atoms with van der Waals surface area (Å²) in [6.45, 7) is 4.98. The van der Waals surface area contributed by atoms with Gasteiger partial charge < -0.3 is 20.4 Å². The number of aromatic hydroxyl groups is 1. The molecule has 1 aromatic carbocycles. The average molecular weight is 322 g/mol. The molecule has 126 valence electrons. The highest BCUT2D eigenvalue weighted by atomic mass is 19.1. The van der Waals surface area contributed by atoms with Crippen LogP contribution in [0, 0.1) is 5.82 Å². The van der Waals surface area contributed by atoms with Gasteiger partial charge >= 0.3 is 0 Å². The van der Waals surface area contributed by atoms with E-state index in [0.717, 1.165) is 5.57 Å². The minimum Gasteiger partial charge on any atom is -0.505 e. The fourth-order valence-electron chi connectivity index (χ4n) is 2.20. The molecule has 1 unspecified atom stereocenters. The topological polar surface area (TPSA) is 80.9 Å². The Bertz CT molecular complexity index is 605. The maximum Gasteiger partial charge on any atom is 0.165 e. The summed E-state index contributed by atoms with van der Waals surface area (Å²) >= 11 is 0. The van der Waals surface area contributed by atoms with E-state index in [1.54, 1.807) is 12.1 Å². The van der Waals surface area contributed by atoms with Crippen LogP contribution in [0.2, 0.25) is 0 Å². The Morgan fingerprint density at radius 2 is 2.04 bits per heavy atom. The molecule has 0 bridgehead atoms. The first-order valence-electron chi connectivity index (χ1n) is 7.32. The van der Waals surface area contributed by atoms with Crippen molar-refractivity contribution in [3.05, 3.63) is 59.0 Å². The molecule has 4 N–H and O–H groups in total. The molecule has 0 fully saturated rings. The molecule has 0 saturated carbocycles. The normalized spacial score (nSPS) is 14.0. The smallest absolute Gasteiger partial charge is 0.165 e. The van der Waals surface area contributed by atoms with Gasteiger partial charge in [-0.3, -0.25) is 0 Å². The molecule has 5 heteroatoms. The van der Waals surface area contributed by atoms with Crippen LogP contribution in [0.15, 0.2) is 47.6 Å². The number of aliphatic hydroxyl groups is 3. The van der Waals surface area contributed by atoms with Crippen molar-refractivity contribution >= 4 is 6.08 Å². The van der Waals surface area contributed by atoms with Crippen molar-refractivity contribution in [2.75, 3.05) is 13.2 Å². The van der Waals surface area contributed by atoms with Crippen LogP contribution in [0.3, 0.4) is 0 Å². The maximum absolute atomic E-state index is 13.3. The molecular formula is C18H23FO4. The number of hydrogen-bond donors (Lipinski definition) is 4. The lowest BCUT2D eigenvalue weighted by atomic mass is 9.96. The van der Waals surface area contributed by atoms with Crippen LogP contribution in [-0.4, -0.2) is 39.7 Å². The van der Waals surface area contributed by atoms with E-state index in [1.165, 1.54) is 18.2 Å². The van der Waals surface area contributed by atoms with Crippen LogP contribution in [0.1, 0.15) is 25.3 Å². The van der Waals surface area contributed by atoms with E-state index in [2.05, 4.69) is 6.58 Å². The molecule has 0 spiro atoms. The SMILES string of the molecule is C=C(CO)/C(=C/CO)C(O)CC/C(C)=C/c1ccc(O)c(F)c1. The Kier molecular flexibility index (Phi) is 7.68. The maximum atomic E-state index is 13.3. The summed E-state index contributed by atoms with van der Waals surface area (Å²) in [4.78, 5) is 0. The van der Waals surface area contributed by atoms with Gasteiger partial charge in [0.15, 0.2) is 11.6 Å². The van der Waals surface area contributed by atoms with Gasteiger partial charge in [-0.25, -0.2) is 4.39 Å². The second-order valence-electron chi connectivity index (χ2n) is 5.36. The molecule has 0 heterocycles. The van der Waals surface area contributed by atoms with Gasteiger partial charge in [-0.05, 0) is 48.6 Å². The van der Waals surface area contributed by atoms with Crippen molar-refractivity contribution in [2.45, 2.75) is 25.9 Å². The summed E-state index contributed by atoms with van der Waals surface area (Å²) in [7, 11) is 0. The van der Waals surface area contributed by atoms with Crippen LogP contribution in [-0.2, 0) is 0 Å². The van der Waals surface area contributed by atoms with E-state index in [1.807, 2.05) is 6.92 Å². The van der Waals surface area contributed by atoms with Crippen molar-refractivity contribution < 1.29 is 24.8 Å². The second-order valence-corrected chi connectivity index (χ2v) is 5.36. The number of hydrogen-bond acceptors (Lipinski definition) is 4. The van der Waals surface area contributed by atoms with Gasteiger partial charge in [0.25, 0.3) is 0 Å². The van der Waals surface area contributed by atoms with E-state index < -0.39 is 17.7 Å². The van der Waals surface area contributed by atoms with Crippen LogP contribution in [0.25, 0.3) is 6.08 Å². The molecule has 0 aliphatic carbocycles. The minimum atomic E-state index is -0.846. The molecule has 1 rings (SSSR count). The summed E-state index contributed by atoms with van der Waals surface area (Å²) in [6.07, 6.45) is 3.28. The standard InChI is InChI=1S/C18H23FO4/c1-12(9-14-4-6-18(23)16(19)10-14)3-5-17(22)15(7-8-20)13(2)11-21/h4,6-7,9-10,17,20-23H,2-3,5,8,11H2,1H3/b12-9+,15-7-. The number of phenolic OH excluding ortho intramolecular Hbond substituents is 1. The number of rotatable bonds is 8. The summed E-state index contributed by atoms with van der Waals surface area (Å²) < 4.78 is 13.3. The molecule has 0 amide bonds. The third-order valence-electron chi connectivity index (χ3n) is 3.47. The van der Waals surface area contributed by atoms with Crippen molar-refractivity contribution in [3.8, 4) is 5.75 Å².